The minimum atomic E-state index is -1.04. The zero-order chi connectivity index (χ0) is 17.1. The molecule has 22 heavy (non-hydrogen) atoms. The maximum Gasteiger partial charge on any atom is 0.311 e. The van der Waals surface area contributed by atoms with Crippen molar-refractivity contribution >= 4 is 11.9 Å². The van der Waals surface area contributed by atoms with E-state index >= 15 is 0 Å². The van der Waals surface area contributed by atoms with Gasteiger partial charge in [0.2, 0.25) is 0 Å². The van der Waals surface area contributed by atoms with Crippen LogP contribution in [0.15, 0.2) is 0 Å². The van der Waals surface area contributed by atoms with Crippen LogP contribution in [-0.4, -0.2) is 34.2 Å². The first-order chi connectivity index (χ1) is 10.2. The molecular weight excluding hydrogens is 282 g/mol. The van der Waals surface area contributed by atoms with Crippen LogP contribution < -0.4 is 5.32 Å². The fourth-order valence-electron chi connectivity index (χ4n) is 4.66. The first-order valence-corrected chi connectivity index (χ1v) is 8.48. The Morgan fingerprint density at radius 1 is 1.00 bits per heavy atom. The molecule has 0 amide bonds. The third kappa shape index (κ3) is 2.53. The Morgan fingerprint density at radius 2 is 1.50 bits per heavy atom. The average molecular weight is 313 g/mol. The second-order valence-corrected chi connectivity index (χ2v) is 6.70. The standard InChI is InChI=1S/C17H31NO4/c1-6-9-10-13-17(8-3,15(21)22)11(4)16(7-2,14(19)20)12(5)18-13/h11-13,18H,6-10H2,1-5H3,(H,19,20)(H,21,22). The van der Waals surface area contributed by atoms with Gasteiger partial charge in [-0.05, 0) is 32.1 Å². The van der Waals surface area contributed by atoms with Crippen LogP contribution in [0.4, 0.5) is 0 Å². The lowest BCUT2D eigenvalue weighted by molar-refractivity contribution is -0.181. The van der Waals surface area contributed by atoms with Gasteiger partial charge < -0.3 is 15.5 Å². The second kappa shape index (κ2) is 6.99. The van der Waals surface area contributed by atoms with Crippen molar-refractivity contribution in [2.75, 3.05) is 0 Å². The maximum atomic E-state index is 12.2. The van der Waals surface area contributed by atoms with Crippen LogP contribution >= 0.6 is 0 Å². The largest absolute Gasteiger partial charge is 0.481 e. The molecule has 0 bridgehead atoms. The van der Waals surface area contributed by atoms with E-state index in [0.29, 0.717) is 12.8 Å². The molecule has 0 aromatic heterocycles. The van der Waals surface area contributed by atoms with Crippen LogP contribution in [0.25, 0.3) is 0 Å². The molecule has 5 unspecified atom stereocenters. The minimum absolute atomic E-state index is 0.182. The molecule has 128 valence electrons. The molecule has 5 nitrogen and oxygen atoms in total. The van der Waals surface area contributed by atoms with Gasteiger partial charge in [-0.2, -0.15) is 0 Å². The molecule has 5 heteroatoms. The quantitative estimate of drug-likeness (QED) is 0.672. The Hall–Kier alpha value is -1.10. The third-order valence-electron chi connectivity index (χ3n) is 6.20. The van der Waals surface area contributed by atoms with E-state index in [9.17, 15) is 19.8 Å². The number of carboxylic acids is 2. The topological polar surface area (TPSA) is 86.6 Å². The first kappa shape index (κ1) is 18.9. The number of nitrogens with one attached hydrogen (secondary N) is 1. The van der Waals surface area contributed by atoms with E-state index < -0.39 is 28.7 Å². The molecule has 1 rings (SSSR count). The number of piperidine rings is 1. The maximum absolute atomic E-state index is 12.2. The van der Waals surface area contributed by atoms with Crippen molar-refractivity contribution in [1.82, 2.24) is 5.32 Å². The second-order valence-electron chi connectivity index (χ2n) is 6.70. The monoisotopic (exact) mass is 313 g/mol. The Balaban J connectivity index is 3.41. The highest BCUT2D eigenvalue weighted by molar-refractivity contribution is 5.82. The summed E-state index contributed by atoms with van der Waals surface area (Å²) in [6, 6.07) is -0.426. The Morgan fingerprint density at radius 3 is 1.86 bits per heavy atom. The van der Waals surface area contributed by atoms with E-state index in [-0.39, 0.29) is 12.1 Å². The van der Waals surface area contributed by atoms with Crippen LogP contribution in [0.5, 0.6) is 0 Å². The number of hydrogen-bond acceptors (Lipinski definition) is 3. The average Bonchev–Trinajstić information content (AvgIpc) is 2.45. The molecule has 0 radical (unpaired) electrons. The molecule has 0 aliphatic carbocycles. The highest BCUT2D eigenvalue weighted by Crippen LogP contribution is 2.53. The summed E-state index contributed by atoms with van der Waals surface area (Å²) in [7, 11) is 0. The van der Waals surface area contributed by atoms with Crippen LogP contribution in [0.3, 0.4) is 0 Å². The van der Waals surface area contributed by atoms with E-state index in [0.717, 1.165) is 19.3 Å². The van der Waals surface area contributed by atoms with Gasteiger partial charge in [-0.25, -0.2) is 0 Å². The normalized spacial score (nSPS) is 38.7. The molecular formula is C17H31NO4. The summed E-state index contributed by atoms with van der Waals surface area (Å²) in [4.78, 5) is 24.2. The lowest BCUT2D eigenvalue weighted by atomic mass is 9.52. The number of rotatable bonds is 7. The van der Waals surface area contributed by atoms with E-state index in [1.807, 2.05) is 27.7 Å². The van der Waals surface area contributed by atoms with Crippen LogP contribution in [0.1, 0.15) is 66.7 Å². The van der Waals surface area contributed by atoms with Crippen molar-refractivity contribution in [2.24, 2.45) is 16.7 Å². The van der Waals surface area contributed by atoms with Crippen LogP contribution in [-0.2, 0) is 9.59 Å². The van der Waals surface area contributed by atoms with Crippen molar-refractivity contribution < 1.29 is 19.8 Å². The van der Waals surface area contributed by atoms with E-state index in [1.165, 1.54) is 0 Å². The smallest absolute Gasteiger partial charge is 0.311 e. The van der Waals surface area contributed by atoms with Gasteiger partial charge in [-0.15, -0.1) is 0 Å². The summed E-state index contributed by atoms with van der Waals surface area (Å²) in [6.07, 6.45) is 3.57. The predicted octanol–water partition coefficient (Wildman–Crippen LogP) is 3.14. The Kier molecular flexibility index (Phi) is 6.02. The number of carbonyl (C=O) groups is 2. The summed E-state index contributed by atoms with van der Waals surface area (Å²) in [5.74, 6) is -2.19. The highest BCUT2D eigenvalue weighted by Gasteiger charge is 2.63. The van der Waals surface area contributed by atoms with Crippen molar-refractivity contribution in [3.8, 4) is 0 Å². The van der Waals surface area contributed by atoms with Gasteiger partial charge >= 0.3 is 11.9 Å². The first-order valence-electron chi connectivity index (χ1n) is 8.48. The summed E-state index contributed by atoms with van der Waals surface area (Å²) in [5.41, 5.74) is -2.08. The number of carboxylic acid groups (broad SMARTS) is 2. The van der Waals surface area contributed by atoms with Crippen molar-refractivity contribution in [3.63, 3.8) is 0 Å². The number of aliphatic carboxylic acids is 2. The lowest BCUT2D eigenvalue weighted by Crippen LogP contribution is -2.70. The molecule has 0 saturated carbocycles. The number of hydrogen-bond donors (Lipinski definition) is 3. The highest BCUT2D eigenvalue weighted by atomic mass is 16.4. The zero-order valence-corrected chi connectivity index (χ0v) is 14.5. The van der Waals surface area contributed by atoms with E-state index in [4.69, 9.17) is 0 Å². The molecule has 0 spiro atoms. The fourth-order valence-corrected chi connectivity index (χ4v) is 4.66. The van der Waals surface area contributed by atoms with Gasteiger partial charge in [0.15, 0.2) is 0 Å². The summed E-state index contributed by atoms with van der Waals surface area (Å²) in [5, 5.41) is 23.2. The van der Waals surface area contributed by atoms with Gasteiger partial charge in [0.25, 0.3) is 0 Å². The molecule has 1 aliphatic heterocycles. The molecule has 5 atom stereocenters. The summed E-state index contributed by atoms with van der Waals surface area (Å²) >= 11 is 0. The SMILES string of the molecule is CCCCC1NC(C)C(CC)(C(=O)O)C(C)C1(CC)C(=O)O. The molecule has 1 aliphatic rings. The van der Waals surface area contributed by atoms with Crippen LogP contribution in [0.2, 0.25) is 0 Å². The zero-order valence-electron chi connectivity index (χ0n) is 14.5. The van der Waals surface area contributed by atoms with E-state index in [2.05, 4.69) is 12.2 Å². The van der Waals surface area contributed by atoms with Gasteiger partial charge in [0.1, 0.15) is 0 Å². The van der Waals surface area contributed by atoms with Crippen molar-refractivity contribution in [1.29, 1.82) is 0 Å². The van der Waals surface area contributed by atoms with Gasteiger partial charge in [0, 0.05) is 12.1 Å². The fraction of sp³-hybridized carbons (Fsp3) is 0.882. The van der Waals surface area contributed by atoms with Crippen molar-refractivity contribution in [3.05, 3.63) is 0 Å². The predicted molar refractivity (Wildman–Crippen MR) is 85.8 cm³/mol. The van der Waals surface area contributed by atoms with Gasteiger partial charge in [-0.3, -0.25) is 9.59 Å². The summed E-state index contributed by atoms with van der Waals surface area (Å²) < 4.78 is 0. The third-order valence-corrected chi connectivity index (χ3v) is 6.20. The molecule has 0 aromatic rings. The molecule has 1 heterocycles. The van der Waals surface area contributed by atoms with Gasteiger partial charge in [0.05, 0.1) is 10.8 Å². The van der Waals surface area contributed by atoms with Crippen molar-refractivity contribution in [2.45, 2.75) is 78.8 Å². The minimum Gasteiger partial charge on any atom is -0.481 e. The molecule has 3 N–H and O–H groups in total. The lowest BCUT2D eigenvalue weighted by Gasteiger charge is -2.56. The molecule has 1 saturated heterocycles. The van der Waals surface area contributed by atoms with E-state index in [1.54, 1.807) is 0 Å². The van der Waals surface area contributed by atoms with Gasteiger partial charge in [-0.1, -0.05) is 40.5 Å². The number of unbranched alkanes of at least 4 members (excludes halogenated alkanes) is 1. The van der Waals surface area contributed by atoms with Crippen LogP contribution in [0, 0.1) is 16.7 Å². The summed E-state index contributed by atoms with van der Waals surface area (Å²) in [6.45, 7) is 9.50. The molecule has 1 fully saturated rings. The Bertz CT molecular complexity index is 425. The molecule has 0 aromatic carbocycles. The Labute approximate surface area is 133 Å².